The molecule has 2 aromatic carbocycles. The van der Waals surface area contributed by atoms with Crippen LogP contribution >= 0.6 is 0 Å². The van der Waals surface area contributed by atoms with E-state index in [1.54, 1.807) is 0 Å². The third kappa shape index (κ3) is 1.69. The molecule has 0 fully saturated rings. The number of para-hydroxylation sites is 1. The Morgan fingerprint density at radius 3 is 2.65 bits per heavy atom. The summed E-state index contributed by atoms with van der Waals surface area (Å²) in [6, 6.07) is 18.7. The molecule has 0 radical (unpaired) electrons. The van der Waals surface area contributed by atoms with Gasteiger partial charge in [0.2, 0.25) is 5.71 Å². The van der Waals surface area contributed by atoms with Gasteiger partial charge in [-0.25, -0.2) is 4.98 Å². The van der Waals surface area contributed by atoms with Crippen LogP contribution in [0, 0.1) is 6.92 Å². The molecule has 0 saturated carbocycles. The van der Waals surface area contributed by atoms with Crippen LogP contribution in [0.1, 0.15) is 5.56 Å². The number of pyridine rings is 1. The molecule has 0 unspecified atom stereocenters. The van der Waals surface area contributed by atoms with Gasteiger partial charge in [0, 0.05) is 22.5 Å². The molecule has 0 aliphatic rings. The Hall–Kier alpha value is -2.61. The number of hydrogen-bond acceptors (Lipinski definition) is 2. The lowest BCUT2D eigenvalue weighted by Crippen LogP contribution is -1.81. The molecule has 0 atom stereocenters. The van der Waals surface area contributed by atoms with E-state index in [2.05, 4.69) is 48.3 Å². The zero-order chi connectivity index (χ0) is 13.5. The van der Waals surface area contributed by atoms with Crippen molar-refractivity contribution in [1.82, 2.24) is 4.98 Å². The topological polar surface area (TPSA) is 26.0 Å². The van der Waals surface area contributed by atoms with Crippen LogP contribution in [0.4, 0.5) is 0 Å². The first kappa shape index (κ1) is 11.2. The third-order valence-electron chi connectivity index (χ3n) is 3.59. The first-order valence-electron chi connectivity index (χ1n) is 6.65. The summed E-state index contributed by atoms with van der Waals surface area (Å²) in [4.78, 5) is 4.46. The molecule has 2 aromatic heterocycles. The van der Waals surface area contributed by atoms with Crippen LogP contribution in [0.3, 0.4) is 0 Å². The van der Waals surface area contributed by atoms with Gasteiger partial charge >= 0.3 is 0 Å². The summed E-state index contributed by atoms with van der Waals surface area (Å²) in [5, 5.41) is 2.18. The average molecular weight is 259 g/mol. The van der Waals surface area contributed by atoms with Crippen molar-refractivity contribution in [3.05, 3.63) is 66.4 Å². The lowest BCUT2D eigenvalue weighted by molar-refractivity contribution is 0.654. The molecule has 0 bridgehead atoms. The number of benzene rings is 2. The molecular formula is C18H13NO. The summed E-state index contributed by atoms with van der Waals surface area (Å²) in [6.07, 6.45) is 1.87. The molecule has 0 amide bonds. The number of aryl methyl sites for hydroxylation is 1. The van der Waals surface area contributed by atoms with Crippen molar-refractivity contribution in [2.24, 2.45) is 0 Å². The van der Waals surface area contributed by atoms with Crippen molar-refractivity contribution in [3.63, 3.8) is 0 Å². The number of hydrogen-bond donors (Lipinski definition) is 0. The highest BCUT2D eigenvalue weighted by Gasteiger charge is 2.08. The third-order valence-corrected chi connectivity index (χ3v) is 3.59. The van der Waals surface area contributed by atoms with Crippen molar-refractivity contribution in [2.45, 2.75) is 6.92 Å². The summed E-state index contributed by atoms with van der Waals surface area (Å²) in [6.45, 7) is 2.10. The summed E-state index contributed by atoms with van der Waals surface area (Å²) in [5.74, 6) is 0. The van der Waals surface area contributed by atoms with Crippen molar-refractivity contribution in [3.8, 4) is 11.1 Å². The average Bonchev–Trinajstić information content (AvgIpc) is 2.85. The Labute approximate surface area is 116 Å². The van der Waals surface area contributed by atoms with E-state index in [1.165, 1.54) is 11.1 Å². The lowest BCUT2D eigenvalue weighted by atomic mass is 10.0. The van der Waals surface area contributed by atoms with Crippen LogP contribution in [0.15, 0.2) is 65.2 Å². The van der Waals surface area contributed by atoms with Gasteiger partial charge in [0.25, 0.3) is 0 Å². The smallest absolute Gasteiger partial charge is 0.227 e. The second kappa shape index (κ2) is 4.20. The molecule has 4 aromatic rings. The van der Waals surface area contributed by atoms with Gasteiger partial charge in [-0.1, -0.05) is 48.0 Å². The summed E-state index contributed by atoms with van der Waals surface area (Å²) < 4.78 is 5.76. The van der Waals surface area contributed by atoms with E-state index in [9.17, 15) is 0 Å². The first-order chi connectivity index (χ1) is 9.81. The molecule has 20 heavy (non-hydrogen) atoms. The van der Waals surface area contributed by atoms with Crippen LogP contribution in [-0.2, 0) is 0 Å². The Balaban J connectivity index is 2.00. The number of nitrogens with zero attached hydrogens (tertiary/aromatic N) is 1. The lowest BCUT2D eigenvalue weighted by Gasteiger charge is -2.02. The van der Waals surface area contributed by atoms with Gasteiger partial charge in [-0.15, -0.1) is 0 Å². The zero-order valence-electron chi connectivity index (χ0n) is 11.1. The van der Waals surface area contributed by atoms with Gasteiger partial charge < -0.3 is 4.42 Å². The van der Waals surface area contributed by atoms with Gasteiger partial charge in [0.1, 0.15) is 5.58 Å². The molecule has 96 valence electrons. The monoisotopic (exact) mass is 259 g/mol. The maximum atomic E-state index is 5.76. The maximum Gasteiger partial charge on any atom is 0.227 e. The Morgan fingerprint density at radius 2 is 1.75 bits per heavy atom. The van der Waals surface area contributed by atoms with E-state index in [0.29, 0.717) is 5.71 Å². The minimum atomic E-state index is 0.697. The van der Waals surface area contributed by atoms with Gasteiger partial charge in [0.15, 0.2) is 0 Å². The van der Waals surface area contributed by atoms with E-state index in [-0.39, 0.29) is 0 Å². The normalized spacial score (nSPS) is 11.2. The highest BCUT2D eigenvalue weighted by atomic mass is 16.3. The van der Waals surface area contributed by atoms with E-state index in [4.69, 9.17) is 4.42 Å². The highest BCUT2D eigenvalue weighted by Crippen LogP contribution is 2.30. The quantitative estimate of drug-likeness (QED) is 0.483. The summed E-state index contributed by atoms with van der Waals surface area (Å²) >= 11 is 0. The standard InChI is InChI=1S/C18H13NO/c1-12-5-4-6-13(9-12)14-10-16-15-7-2-3-8-17(15)20-18(16)19-11-14/h2-11H,1H3. The molecule has 2 nitrogen and oxygen atoms in total. The minimum Gasteiger partial charge on any atom is -0.438 e. The fourth-order valence-electron chi connectivity index (χ4n) is 2.59. The van der Waals surface area contributed by atoms with Crippen molar-refractivity contribution < 1.29 is 4.42 Å². The fraction of sp³-hybridized carbons (Fsp3) is 0.0556. The van der Waals surface area contributed by atoms with E-state index in [0.717, 1.165) is 21.9 Å². The molecule has 0 saturated heterocycles. The number of aromatic nitrogens is 1. The number of fused-ring (bicyclic) bond motifs is 3. The van der Waals surface area contributed by atoms with Crippen LogP contribution in [0.2, 0.25) is 0 Å². The van der Waals surface area contributed by atoms with Crippen LogP contribution in [0.25, 0.3) is 33.2 Å². The minimum absolute atomic E-state index is 0.697. The van der Waals surface area contributed by atoms with Gasteiger partial charge in [-0.2, -0.15) is 0 Å². The molecule has 0 N–H and O–H groups in total. The first-order valence-corrected chi connectivity index (χ1v) is 6.65. The largest absolute Gasteiger partial charge is 0.438 e. The summed E-state index contributed by atoms with van der Waals surface area (Å²) in [7, 11) is 0. The zero-order valence-corrected chi connectivity index (χ0v) is 11.1. The molecular weight excluding hydrogens is 246 g/mol. The number of rotatable bonds is 1. The second-order valence-corrected chi connectivity index (χ2v) is 5.04. The van der Waals surface area contributed by atoms with Crippen LogP contribution < -0.4 is 0 Å². The Morgan fingerprint density at radius 1 is 0.850 bits per heavy atom. The number of furan rings is 1. The van der Waals surface area contributed by atoms with Crippen molar-refractivity contribution >= 4 is 22.1 Å². The highest BCUT2D eigenvalue weighted by molar-refractivity contribution is 6.04. The van der Waals surface area contributed by atoms with Gasteiger partial charge in [-0.3, -0.25) is 0 Å². The molecule has 2 heterocycles. The van der Waals surface area contributed by atoms with E-state index in [1.807, 2.05) is 24.4 Å². The summed E-state index contributed by atoms with van der Waals surface area (Å²) in [5.41, 5.74) is 5.14. The predicted molar refractivity (Wildman–Crippen MR) is 81.7 cm³/mol. The predicted octanol–water partition coefficient (Wildman–Crippen LogP) is 4.96. The van der Waals surface area contributed by atoms with Crippen molar-refractivity contribution in [1.29, 1.82) is 0 Å². The van der Waals surface area contributed by atoms with E-state index < -0.39 is 0 Å². The second-order valence-electron chi connectivity index (χ2n) is 5.04. The SMILES string of the molecule is Cc1cccc(-c2cnc3oc4ccccc4c3c2)c1. The molecule has 0 aliphatic heterocycles. The van der Waals surface area contributed by atoms with E-state index >= 15 is 0 Å². The molecule has 2 heteroatoms. The maximum absolute atomic E-state index is 5.76. The van der Waals surface area contributed by atoms with Crippen LogP contribution in [0.5, 0.6) is 0 Å². The Bertz CT molecular complexity index is 921. The Kier molecular flexibility index (Phi) is 2.36. The van der Waals surface area contributed by atoms with Gasteiger partial charge in [-0.05, 0) is 24.6 Å². The van der Waals surface area contributed by atoms with Crippen molar-refractivity contribution in [2.75, 3.05) is 0 Å². The molecule has 0 aliphatic carbocycles. The molecule has 4 rings (SSSR count). The molecule has 0 spiro atoms. The van der Waals surface area contributed by atoms with Gasteiger partial charge in [0.05, 0.1) is 0 Å². The fourth-order valence-corrected chi connectivity index (χ4v) is 2.59. The van der Waals surface area contributed by atoms with Crippen LogP contribution in [-0.4, -0.2) is 4.98 Å².